The molecule has 2 aromatic rings. The number of nitrogens with one attached hydrogen (secondary N) is 1. The van der Waals surface area contributed by atoms with E-state index >= 15 is 0 Å². The smallest absolute Gasteiger partial charge is 0.337 e. The number of ether oxygens (including phenoxy) is 1. The van der Waals surface area contributed by atoms with Crippen LogP contribution in [0.4, 0.5) is 5.69 Å². The Bertz CT molecular complexity index is 873. The van der Waals surface area contributed by atoms with E-state index in [1.54, 1.807) is 0 Å². The summed E-state index contributed by atoms with van der Waals surface area (Å²) in [6, 6.07) is 17.7. The lowest BCUT2D eigenvalue weighted by atomic mass is 9.92. The van der Waals surface area contributed by atoms with E-state index in [2.05, 4.69) is 31.3 Å². The molecule has 0 radical (unpaired) electrons. The molecule has 0 saturated carbocycles. The fourth-order valence-corrected chi connectivity index (χ4v) is 3.69. The zero-order valence-corrected chi connectivity index (χ0v) is 16.8. The minimum atomic E-state index is -0.360. The molecule has 0 amide bonds. The normalized spacial score (nSPS) is 17.1. The maximum absolute atomic E-state index is 12.6. The van der Waals surface area contributed by atoms with Crippen molar-refractivity contribution in [2.45, 2.75) is 32.7 Å². The molecule has 27 heavy (non-hydrogen) atoms. The number of carbonyl (C=O) groups excluding carboxylic acids is 1. The van der Waals surface area contributed by atoms with Gasteiger partial charge in [0.2, 0.25) is 0 Å². The van der Waals surface area contributed by atoms with Crippen LogP contribution in [0.1, 0.15) is 43.9 Å². The number of hydrogen-bond donors (Lipinski definition) is 1. The van der Waals surface area contributed by atoms with Crippen molar-refractivity contribution in [1.82, 2.24) is 5.32 Å². The molecule has 1 aliphatic rings. The first-order chi connectivity index (χ1) is 12.9. The van der Waals surface area contributed by atoms with Crippen LogP contribution in [0, 0.1) is 0 Å². The van der Waals surface area contributed by atoms with Crippen LogP contribution in [0.25, 0.3) is 0 Å². The van der Waals surface area contributed by atoms with Gasteiger partial charge < -0.3 is 10.1 Å². The lowest BCUT2D eigenvalue weighted by Crippen LogP contribution is -2.48. The van der Waals surface area contributed by atoms with Gasteiger partial charge in [-0.1, -0.05) is 56.3 Å². The summed E-state index contributed by atoms with van der Waals surface area (Å²) in [7, 11) is 1.40. The Morgan fingerprint density at radius 1 is 1.11 bits per heavy atom. The second-order valence-electron chi connectivity index (χ2n) is 6.87. The van der Waals surface area contributed by atoms with Crippen LogP contribution in [0.5, 0.6) is 0 Å². The van der Waals surface area contributed by atoms with Crippen molar-refractivity contribution in [3.8, 4) is 0 Å². The Labute approximate surface area is 165 Å². The zero-order valence-electron chi connectivity index (χ0n) is 16.0. The number of rotatable bonds is 4. The number of esters is 1. The fourth-order valence-electron chi connectivity index (χ4n) is 3.33. The van der Waals surface area contributed by atoms with E-state index in [-0.39, 0.29) is 12.0 Å². The SMILES string of the molecule is COC(=O)C1=C(C)N(c2ccccc2)C(=S)N[C@@H]1c1ccc(C(C)C)cc1. The number of methoxy groups -OCH3 is 1. The van der Waals surface area contributed by atoms with Crippen LogP contribution in [-0.2, 0) is 9.53 Å². The predicted molar refractivity (Wildman–Crippen MR) is 113 cm³/mol. The molecule has 0 fully saturated rings. The zero-order chi connectivity index (χ0) is 19.6. The average Bonchev–Trinajstić information content (AvgIpc) is 2.68. The molecule has 2 aromatic carbocycles. The van der Waals surface area contributed by atoms with Crippen LogP contribution < -0.4 is 10.2 Å². The molecule has 0 unspecified atom stereocenters. The third kappa shape index (κ3) is 3.74. The van der Waals surface area contributed by atoms with Crippen molar-refractivity contribution in [1.29, 1.82) is 0 Å². The van der Waals surface area contributed by atoms with Gasteiger partial charge in [-0.3, -0.25) is 4.90 Å². The van der Waals surface area contributed by atoms with Crippen molar-refractivity contribution < 1.29 is 9.53 Å². The Morgan fingerprint density at radius 3 is 2.30 bits per heavy atom. The molecule has 3 rings (SSSR count). The molecule has 1 atom stereocenters. The quantitative estimate of drug-likeness (QED) is 0.615. The van der Waals surface area contributed by atoms with Crippen molar-refractivity contribution >= 4 is 29.0 Å². The van der Waals surface area contributed by atoms with Gasteiger partial charge in [0, 0.05) is 11.4 Å². The summed E-state index contributed by atoms with van der Waals surface area (Å²) >= 11 is 5.63. The van der Waals surface area contributed by atoms with Crippen LogP contribution in [0.2, 0.25) is 0 Å². The molecule has 0 bridgehead atoms. The van der Waals surface area contributed by atoms with E-state index in [9.17, 15) is 4.79 Å². The Hall–Kier alpha value is -2.66. The molecule has 0 spiro atoms. The molecule has 1 aliphatic heterocycles. The Balaban J connectivity index is 2.08. The molecule has 4 nitrogen and oxygen atoms in total. The number of carbonyl (C=O) groups is 1. The van der Waals surface area contributed by atoms with E-state index in [0.717, 1.165) is 16.9 Å². The number of anilines is 1. The number of nitrogens with zero attached hydrogens (tertiary/aromatic N) is 1. The first-order valence-electron chi connectivity index (χ1n) is 8.98. The lowest BCUT2D eigenvalue weighted by Gasteiger charge is -2.37. The van der Waals surface area contributed by atoms with Crippen LogP contribution >= 0.6 is 12.2 Å². The highest BCUT2D eigenvalue weighted by Gasteiger charge is 2.35. The van der Waals surface area contributed by atoms with Gasteiger partial charge in [0.05, 0.1) is 18.7 Å². The number of thiocarbonyl (C=S) groups is 1. The van der Waals surface area contributed by atoms with Crippen molar-refractivity contribution in [3.05, 3.63) is 77.0 Å². The number of benzene rings is 2. The molecule has 5 heteroatoms. The summed E-state index contributed by atoms with van der Waals surface area (Å²) < 4.78 is 5.09. The molecule has 0 aliphatic carbocycles. The van der Waals surface area contributed by atoms with E-state index in [4.69, 9.17) is 17.0 Å². The monoisotopic (exact) mass is 380 g/mol. The molecule has 1 heterocycles. The van der Waals surface area contributed by atoms with Gasteiger partial charge >= 0.3 is 5.97 Å². The highest BCUT2D eigenvalue weighted by molar-refractivity contribution is 7.80. The summed E-state index contributed by atoms with van der Waals surface area (Å²) in [5.74, 6) is 0.0896. The number of hydrogen-bond acceptors (Lipinski definition) is 3. The summed E-state index contributed by atoms with van der Waals surface area (Å²) in [4.78, 5) is 14.5. The average molecular weight is 381 g/mol. The third-order valence-corrected chi connectivity index (χ3v) is 5.14. The first kappa shape index (κ1) is 19.1. The standard InChI is InChI=1S/C22H24N2O2S/c1-14(2)16-10-12-17(13-11-16)20-19(21(25)26-4)15(3)24(22(27)23-20)18-8-6-5-7-9-18/h5-14,20H,1-4H3,(H,23,27)/t20-/m1/s1. The van der Waals surface area contributed by atoms with Gasteiger partial charge in [-0.25, -0.2) is 4.79 Å². The van der Waals surface area contributed by atoms with Crippen LogP contribution in [0.3, 0.4) is 0 Å². The third-order valence-electron chi connectivity index (χ3n) is 4.84. The minimum Gasteiger partial charge on any atom is -0.466 e. The van der Waals surface area contributed by atoms with Crippen molar-refractivity contribution in [2.24, 2.45) is 0 Å². The van der Waals surface area contributed by atoms with Gasteiger partial charge in [0.15, 0.2) is 5.11 Å². The topological polar surface area (TPSA) is 41.6 Å². The largest absolute Gasteiger partial charge is 0.466 e. The molecule has 1 N–H and O–H groups in total. The van der Waals surface area contributed by atoms with E-state index in [1.165, 1.54) is 12.7 Å². The van der Waals surface area contributed by atoms with Crippen LogP contribution in [0.15, 0.2) is 65.9 Å². The molecular weight excluding hydrogens is 356 g/mol. The van der Waals surface area contributed by atoms with Crippen molar-refractivity contribution in [2.75, 3.05) is 12.0 Å². The molecule has 140 valence electrons. The Kier molecular flexibility index (Phi) is 5.61. The summed E-state index contributed by atoms with van der Waals surface area (Å²) in [5, 5.41) is 3.88. The predicted octanol–water partition coefficient (Wildman–Crippen LogP) is 4.69. The van der Waals surface area contributed by atoms with E-state index in [1.807, 2.05) is 54.3 Å². The fraction of sp³-hybridized carbons (Fsp3) is 0.273. The maximum atomic E-state index is 12.6. The lowest BCUT2D eigenvalue weighted by molar-refractivity contribution is -0.136. The van der Waals surface area contributed by atoms with Gasteiger partial charge in [-0.15, -0.1) is 0 Å². The Morgan fingerprint density at radius 2 is 1.74 bits per heavy atom. The van der Waals surface area contributed by atoms with Gasteiger partial charge in [-0.2, -0.15) is 0 Å². The minimum absolute atomic E-state index is 0.342. The molecule has 0 aromatic heterocycles. The van der Waals surface area contributed by atoms with E-state index < -0.39 is 0 Å². The maximum Gasteiger partial charge on any atom is 0.337 e. The van der Waals surface area contributed by atoms with E-state index in [0.29, 0.717) is 16.6 Å². The van der Waals surface area contributed by atoms with Crippen molar-refractivity contribution in [3.63, 3.8) is 0 Å². The number of para-hydroxylation sites is 1. The second kappa shape index (κ2) is 7.92. The summed E-state index contributed by atoms with van der Waals surface area (Å²) in [6.07, 6.45) is 0. The van der Waals surface area contributed by atoms with Gasteiger partial charge in [0.1, 0.15) is 0 Å². The highest BCUT2D eigenvalue weighted by atomic mass is 32.1. The van der Waals surface area contributed by atoms with Gasteiger partial charge in [-0.05, 0) is 48.3 Å². The molecular formula is C22H24N2O2S. The molecule has 0 saturated heterocycles. The highest BCUT2D eigenvalue weighted by Crippen LogP contribution is 2.34. The second-order valence-corrected chi connectivity index (χ2v) is 7.25. The van der Waals surface area contributed by atoms with Crippen LogP contribution in [-0.4, -0.2) is 18.2 Å². The summed E-state index contributed by atoms with van der Waals surface area (Å²) in [5.41, 5.74) is 4.47. The van der Waals surface area contributed by atoms with Gasteiger partial charge in [0.25, 0.3) is 0 Å². The summed E-state index contributed by atoms with van der Waals surface area (Å²) in [6.45, 7) is 6.22. The first-order valence-corrected chi connectivity index (χ1v) is 9.39. The number of allylic oxidation sites excluding steroid dienone is 1.